The molecular formula is C23H33N5O5S. The number of rotatable bonds is 3. The van der Waals surface area contributed by atoms with Crippen molar-refractivity contribution in [3.63, 3.8) is 0 Å². The minimum Gasteiger partial charge on any atom is -0.486 e. The second-order valence-electron chi connectivity index (χ2n) is 9.53. The van der Waals surface area contributed by atoms with Crippen LogP contribution in [0.4, 0.5) is 0 Å². The van der Waals surface area contributed by atoms with E-state index in [4.69, 9.17) is 9.47 Å². The maximum Gasteiger partial charge on any atom is 0.244 e. The minimum absolute atomic E-state index is 0.00189. The van der Waals surface area contributed by atoms with Crippen molar-refractivity contribution in [3.8, 4) is 5.75 Å². The molecule has 0 saturated carbocycles. The average molecular weight is 492 g/mol. The quantitative estimate of drug-likeness (QED) is 0.569. The fourth-order valence-corrected chi connectivity index (χ4v) is 6.40. The van der Waals surface area contributed by atoms with E-state index in [9.17, 15) is 13.5 Å². The number of aromatic nitrogens is 2. The molecule has 11 heteroatoms. The number of likely N-dealkylation sites (N-methyl/N-ethyl adjacent to an activating group) is 1. The zero-order chi connectivity index (χ0) is 23.7. The predicted octanol–water partition coefficient (Wildman–Crippen LogP) is 0.520. The zero-order valence-corrected chi connectivity index (χ0v) is 20.2. The molecule has 1 aromatic heterocycles. The Morgan fingerprint density at radius 3 is 2.79 bits per heavy atom. The molecule has 2 saturated heterocycles. The summed E-state index contributed by atoms with van der Waals surface area (Å²) < 4.78 is 40.9. The van der Waals surface area contributed by atoms with Crippen molar-refractivity contribution < 1.29 is 23.0 Å². The van der Waals surface area contributed by atoms with E-state index in [1.54, 1.807) is 12.4 Å². The molecule has 4 heterocycles. The first-order valence-electron chi connectivity index (χ1n) is 11.8. The summed E-state index contributed by atoms with van der Waals surface area (Å²) in [4.78, 5) is 11.7. The summed E-state index contributed by atoms with van der Waals surface area (Å²) in [6.45, 7) is 3.77. The molecule has 10 nitrogen and oxygen atoms in total. The van der Waals surface area contributed by atoms with Crippen LogP contribution >= 0.6 is 0 Å². The fourth-order valence-electron chi connectivity index (χ4n) is 5.22. The highest BCUT2D eigenvalue weighted by Gasteiger charge is 2.39. The Morgan fingerprint density at radius 1 is 1.21 bits per heavy atom. The molecule has 3 N–H and O–H groups in total. The third-order valence-electron chi connectivity index (χ3n) is 7.06. The van der Waals surface area contributed by atoms with Gasteiger partial charge in [0.05, 0.1) is 18.5 Å². The number of hydrogen-bond donors (Lipinski definition) is 3. The molecule has 186 valence electrons. The van der Waals surface area contributed by atoms with Crippen molar-refractivity contribution >= 4 is 10.0 Å². The summed E-state index contributed by atoms with van der Waals surface area (Å²) in [6, 6.07) is 5.42. The van der Waals surface area contributed by atoms with Gasteiger partial charge in [-0.05, 0) is 43.5 Å². The number of nitrogens with zero attached hydrogens (tertiary/aromatic N) is 3. The molecule has 0 unspecified atom stereocenters. The Kier molecular flexibility index (Phi) is 6.92. The van der Waals surface area contributed by atoms with Gasteiger partial charge < -0.3 is 19.6 Å². The maximum absolute atomic E-state index is 13.1. The van der Waals surface area contributed by atoms with Gasteiger partial charge in [-0.15, -0.1) is 0 Å². The Morgan fingerprint density at radius 2 is 2.03 bits per heavy atom. The highest BCUT2D eigenvalue weighted by molar-refractivity contribution is 7.89. The molecule has 0 spiro atoms. The van der Waals surface area contributed by atoms with Gasteiger partial charge in [-0.2, -0.15) is 0 Å². The molecule has 5 rings (SSSR count). The molecular weight excluding hydrogens is 458 g/mol. The summed E-state index contributed by atoms with van der Waals surface area (Å²) in [7, 11) is -1.89. The van der Waals surface area contributed by atoms with E-state index < -0.39 is 16.1 Å². The van der Waals surface area contributed by atoms with E-state index >= 15 is 0 Å². The average Bonchev–Trinajstić information content (AvgIpc) is 3.48. The summed E-state index contributed by atoms with van der Waals surface area (Å²) in [6.07, 6.45) is 4.20. The number of imidazole rings is 1. The summed E-state index contributed by atoms with van der Waals surface area (Å²) in [5, 5.41) is 10.5. The molecule has 1 aromatic carbocycles. The monoisotopic (exact) mass is 491 g/mol. The Hall–Kier alpha value is -2.02. The molecule has 2 aromatic rings. The van der Waals surface area contributed by atoms with Gasteiger partial charge >= 0.3 is 0 Å². The van der Waals surface area contributed by atoms with Crippen LogP contribution in [-0.2, 0) is 21.3 Å². The lowest BCUT2D eigenvalue weighted by Gasteiger charge is -2.30. The lowest BCUT2D eigenvalue weighted by Crippen LogP contribution is -2.47. The van der Waals surface area contributed by atoms with Crippen LogP contribution in [0.5, 0.6) is 5.75 Å². The van der Waals surface area contributed by atoms with Crippen LogP contribution in [0.15, 0.2) is 35.6 Å². The Labute approximate surface area is 200 Å². The molecule has 0 amide bonds. The number of H-pyrrole nitrogens is 1. The predicted molar refractivity (Wildman–Crippen MR) is 125 cm³/mol. The molecule has 2 fully saturated rings. The Balaban J connectivity index is 1.48. The second kappa shape index (κ2) is 9.92. The molecule has 3 atom stereocenters. The van der Waals surface area contributed by atoms with E-state index in [0.717, 1.165) is 30.6 Å². The zero-order valence-electron chi connectivity index (χ0n) is 19.4. The molecule has 3 aliphatic heterocycles. The molecule has 0 bridgehead atoms. The van der Waals surface area contributed by atoms with Gasteiger partial charge in [-0.1, -0.05) is 6.07 Å². The third-order valence-corrected chi connectivity index (χ3v) is 8.53. The fraction of sp³-hybridized carbons (Fsp3) is 0.609. The number of aliphatic hydroxyl groups is 1. The molecule has 0 radical (unpaired) electrons. The SMILES string of the molecule is CN1C[C@@H](O)CNS(=O)(=O)c2ccc(C3CCOCC3)cc2O[C@H]2CN(Cc3cnc[nH]3)C[C@H]21. The minimum atomic E-state index is -3.84. The second-order valence-corrected chi connectivity index (χ2v) is 11.3. The van der Waals surface area contributed by atoms with E-state index in [1.807, 2.05) is 25.4 Å². The normalized spacial score (nSPS) is 29.1. The van der Waals surface area contributed by atoms with E-state index in [-0.39, 0.29) is 23.6 Å². The lowest BCUT2D eigenvalue weighted by molar-refractivity contribution is 0.0709. The van der Waals surface area contributed by atoms with Gasteiger partial charge in [0.1, 0.15) is 16.7 Å². The van der Waals surface area contributed by atoms with Gasteiger partial charge in [0, 0.05) is 57.8 Å². The smallest absolute Gasteiger partial charge is 0.244 e. The maximum atomic E-state index is 13.1. The number of sulfonamides is 1. The van der Waals surface area contributed by atoms with Gasteiger partial charge in [-0.3, -0.25) is 9.80 Å². The number of fused-ring (bicyclic) bond motifs is 2. The van der Waals surface area contributed by atoms with Crippen molar-refractivity contribution in [2.24, 2.45) is 0 Å². The number of hydrogen-bond acceptors (Lipinski definition) is 8. The number of aromatic amines is 1. The lowest BCUT2D eigenvalue weighted by atomic mass is 9.92. The Bertz CT molecular complexity index is 1070. The van der Waals surface area contributed by atoms with Gasteiger partial charge in [0.25, 0.3) is 0 Å². The highest BCUT2D eigenvalue weighted by Crippen LogP contribution is 2.35. The number of aliphatic hydroxyl groups excluding tert-OH is 1. The number of nitrogens with one attached hydrogen (secondary N) is 2. The van der Waals surface area contributed by atoms with Crippen LogP contribution in [0.3, 0.4) is 0 Å². The van der Waals surface area contributed by atoms with Gasteiger partial charge in [-0.25, -0.2) is 18.1 Å². The van der Waals surface area contributed by atoms with Crippen molar-refractivity contribution in [3.05, 3.63) is 42.0 Å². The van der Waals surface area contributed by atoms with Gasteiger partial charge in [0.15, 0.2) is 0 Å². The topological polar surface area (TPSA) is 120 Å². The van der Waals surface area contributed by atoms with Crippen LogP contribution < -0.4 is 9.46 Å². The first-order chi connectivity index (χ1) is 16.4. The molecule has 3 aliphatic rings. The van der Waals surface area contributed by atoms with Crippen molar-refractivity contribution in [1.29, 1.82) is 0 Å². The van der Waals surface area contributed by atoms with Crippen molar-refractivity contribution in [2.45, 2.75) is 48.4 Å². The van der Waals surface area contributed by atoms with Crippen LogP contribution in [-0.4, -0.2) is 98.0 Å². The first kappa shape index (κ1) is 23.7. The number of ether oxygens (including phenoxy) is 2. The summed E-state index contributed by atoms with van der Waals surface area (Å²) in [5.74, 6) is 0.692. The highest BCUT2D eigenvalue weighted by atomic mass is 32.2. The van der Waals surface area contributed by atoms with Crippen molar-refractivity contribution in [1.82, 2.24) is 24.5 Å². The third kappa shape index (κ3) is 5.14. The first-order valence-corrected chi connectivity index (χ1v) is 13.3. The van der Waals surface area contributed by atoms with Crippen LogP contribution in [0.1, 0.15) is 30.0 Å². The van der Waals surface area contributed by atoms with Gasteiger partial charge in [0.2, 0.25) is 10.0 Å². The van der Waals surface area contributed by atoms with Crippen LogP contribution in [0.25, 0.3) is 0 Å². The number of likely N-dealkylation sites (tertiary alicyclic amines) is 1. The largest absolute Gasteiger partial charge is 0.486 e. The van der Waals surface area contributed by atoms with Crippen LogP contribution in [0.2, 0.25) is 0 Å². The van der Waals surface area contributed by atoms with E-state index in [1.165, 1.54) is 0 Å². The van der Waals surface area contributed by atoms with Crippen LogP contribution in [0, 0.1) is 0 Å². The summed E-state index contributed by atoms with van der Waals surface area (Å²) >= 11 is 0. The molecule has 34 heavy (non-hydrogen) atoms. The number of β-amino-alcohol motifs (C(OH)–C–C–N with tert-alkyl or cyclic N) is 1. The van der Waals surface area contributed by atoms with Crippen molar-refractivity contribution in [2.75, 3.05) is 46.4 Å². The standard InChI is InChI=1S/C23H33N5O5S/c1-27-12-19(29)10-26-34(30,31)23-3-2-17(16-4-6-32-7-5-16)8-21(23)33-22-14-28(13-20(22)27)11-18-9-24-15-25-18/h2-3,8-9,15-16,19-20,22,26,29H,4-7,10-14H2,1H3,(H,24,25)/t19-,20+,22-/m0/s1. The van der Waals surface area contributed by atoms with E-state index in [2.05, 4.69) is 24.5 Å². The van der Waals surface area contributed by atoms with E-state index in [0.29, 0.717) is 44.5 Å². The summed E-state index contributed by atoms with van der Waals surface area (Å²) in [5.41, 5.74) is 2.08. The number of benzene rings is 1. The molecule has 0 aliphatic carbocycles.